The van der Waals surface area contributed by atoms with Gasteiger partial charge < -0.3 is 20.5 Å². The molecule has 2 heterocycles. The topological polar surface area (TPSA) is 76.8 Å². The highest BCUT2D eigenvalue weighted by atomic mass is 35.5. The summed E-state index contributed by atoms with van der Waals surface area (Å²) in [5.41, 5.74) is 5.36. The number of piperidine rings is 1. The van der Waals surface area contributed by atoms with Gasteiger partial charge in [0.25, 0.3) is 0 Å². The molecule has 2 aliphatic rings. The van der Waals surface area contributed by atoms with E-state index in [2.05, 4.69) is 10.2 Å². The van der Waals surface area contributed by atoms with E-state index >= 15 is 0 Å². The van der Waals surface area contributed by atoms with E-state index in [1.165, 1.54) is 0 Å². The van der Waals surface area contributed by atoms with Crippen LogP contribution in [0.15, 0.2) is 24.3 Å². The smallest absolute Gasteiger partial charge is 0.233 e. The van der Waals surface area contributed by atoms with Crippen molar-refractivity contribution in [1.82, 2.24) is 10.2 Å². The van der Waals surface area contributed by atoms with Crippen LogP contribution in [-0.2, 0) is 4.79 Å². The summed E-state index contributed by atoms with van der Waals surface area (Å²) in [6.07, 6.45) is 2.10. The van der Waals surface area contributed by atoms with Gasteiger partial charge in [0.15, 0.2) is 11.5 Å². The Labute approximate surface area is 154 Å². The summed E-state index contributed by atoms with van der Waals surface area (Å²) in [5, 5.41) is 2.97. The lowest BCUT2D eigenvalue weighted by Crippen LogP contribution is -2.52. The maximum absolute atomic E-state index is 11.4. The summed E-state index contributed by atoms with van der Waals surface area (Å²) < 4.78 is 11.7. The zero-order chi connectivity index (χ0) is 15.4. The molecule has 1 fully saturated rings. The lowest BCUT2D eigenvalue weighted by atomic mass is 10.1. The van der Waals surface area contributed by atoms with Crippen LogP contribution in [-0.4, -0.2) is 55.7 Å². The average Bonchev–Trinajstić information content (AvgIpc) is 2.55. The number of nitrogens with one attached hydrogen (secondary N) is 1. The van der Waals surface area contributed by atoms with Crippen molar-refractivity contribution in [1.29, 1.82) is 0 Å². The Morgan fingerprint density at radius 2 is 2.04 bits per heavy atom. The number of likely N-dealkylation sites (tertiary alicyclic amines) is 1. The van der Waals surface area contributed by atoms with Crippen molar-refractivity contribution < 1.29 is 14.3 Å². The lowest BCUT2D eigenvalue weighted by molar-refractivity contribution is -0.120. The molecule has 0 bridgehead atoms. The molecular formula is C16H25Cl2N3O3. The number of halogens is 2. The summed E-state index contributed by atoms with van der Waals surface area (Å²) in [5.74, 6) is 1.53. The molecule has 0 aliphatic carbocycles. The third-order valence-corrected chi connectivity index (χ3v) is 4.09. The van der Waals surface area contributed by atoms with Crippen LogP contribution in [0.4, 0.5) is 0 Å². The first kappa shape index (κ1) is 20.8. The molecule has 1 aromatic rings. The molecule has 3 rings (SSSR count). The van der Waals surface area contributed by atoms with Crippen molar-refractivity contribution >= 4 is 30.7 Å². The summed E-state index contributed by atoms with van der Waals surface area (Å²) >= 11 is 0. The number of hydrogen-bond donors (Lipinski definition) is 2. The molecule has 0 unspecified atom stereocenters. The minimum absolute atomic E-state index is 0. The number of carbonyl (C=O) groups is 1. The van der Waals surface area contributed by atoms with Gasteiger partial charge in [-0.1, -0.05) is 12.1 Å². The van der Waals surface area contributed by atoms with E-state index in [0.717, 1.165) is 44.0 Å². The van der Waals surface area contributed by atoms with E-state index in [9.17, 15) is 4.79 Å². The Bertz CT molecular complexity index is 533. The van der Waals surface area contributed by atoms with Gasteiger partial charge in [-0.3, -0.25) is 9.69 Å². The van der Waals surface area contributed by atoms with Crippen LogP contribution in [0.2, 0.25) is 0 Å². The van der Waals surface area contributed by atoms with Crippen LogP contribution in [0.25, 0.3) is 0 Å². The normalized spacial score (nSPS) is 22.7. The predicted molar refractivity (Wildman–Crippen MR) is 97.5 cm³/mol. The fourth-order valence-electron chi connectivity index (χ4n) is 3.07. The number of para-hydroxylation sites is 2. The number of ether oxygens (including phenoxy) is 2. The second-order valence-corrected chi connectivity index (χ2v) is 5.87. The van der Waals surface area contributed by atoms with Crippen LogP contribution in [0.3, 0.4) is 0 Å². The molecule has 0 saturated carbocycles. The highest BCUT2D eigenvalue weighted by Crippen LogP contribution is 2.31. The Kier molecular flexibility index (Phi) is 8.62. The van der Waals surface area contributed by atoms with Gasteiger partial charge in [-0.15, -0.1) is 24.8 Å². The van der Waals surface area contributed by atoms with Crippen molar-refractivity contribution in [2.45, 2.75) is 25.0 Å². The minimum atomic E-state index is -0.0852. The molecule has 0 radical (unpaired) electrons. The van der Waals surface area contributed by atoms with Crippen molar-refractivity contribution in [3.8, 4) is 11.5 Å². The summed E-state index contributed by atoms with van der Waals surface area (Å²) in [6, 6.07) is 7.93. The first-order valence-corrected chi connectivity index (χ1v) is 7.85. The summed E-state index contributed by atoms with van der Waals surface area (Å²) in [7, 11) is 0. The summed E-state index contributed by atoms with van der Waals surface area (Å²) in [6.45, 7) is 3.28. The standard InChI is InChI=1S/C16H23N3O3.2ClH/c17-8-16(20)18-12-4-3-7-19(9-12)10-13-11-21-14-5-1-2-6-15(14)22-13;;/h1-2,5-6,12-13H,3-4,7-11,17H2,(H,18,20);2*1H/t12-,13-;;/m0../s1. The molecule has 0 aromatic heterocycles. The third-order valence-electron chi connectivity index (χ3n) is 4.09. The van der Waals surface area contributed by atoms with E-state index in [1.54, 1.807) is 0 Å². The Morgan fingerprint density at radius 3 is 2.79 bits per heavy atom. The molecular weight excluding hydrogens is 353 g/mol. The number of hydrogen-bond acceptors (Lipinski definition) is 5. The second-order valence-electron chi connectivity index (χ2n) is 5.87. The number of nitrogens with two attached hydrogens (primary N) is 1. The van der Waals surface area contributed by atoms with Crippen LogP contribution in [0.5, 0.6) is 11.5 Å². The minimum Gasteiger partial charge on any atom is -0.486 e. The Hall–Kier alpha value is -1.21. The molecule has 6 nitrogen and oxygen atoms in total. The molecule has 1 aromatic carbocycles. The molecule has 2 aliphatic heterocycles. The second kappa shape index (κ2) is 9.93. The first-order valence-electron chi connectivity index (χ1n) is 7.85. The molecule has 0 spiro atoms. The lowest BCUT2D eigenvalue weighted by Gasteiger charge is -2.36. The molecule has 8 heteroatoms. The SMILES string of the molecule is Cl.Cl.NCC(=O)N[C@H]1CCCN(C[C@H]2COc3ccccc3O2)C1. The molecule has 1 saturated heterocycles. The molecule has 24 heavy (non-hydrogen) atoms. The fraction of sp³-hybridized carbons (Fsp3) is 0.562. The Balaban J connectivity index is 0.00000144. The number of fused-ring (bicyclic) bond motifs is 1. The number of nitrogens with zero attached hydrogens (tertiary/aromatic N) is 1. The van der Waals surface area contributed by atoms with Gasteiger partial charge in [0.1, 0.15) is 12.7 Å². The van der Waals surface area contributed by atoms with Crippen LogP contribution < -0.4 is 20.5 Å². The average molecular weight is 378 g/mol. The number of amides is 1. The van der Waals surface area contributed by atoms with E-state index in [1.807, 2.05) is 24.3 Å². The third kappa shape index (κ3) is 5.41. The van der Waals surface area contributed by atoms with E-state index in [-0.39, 0.29) is 49.4 Å². The quantitative estimate of drug-likeness (QED) is 0.824. The van der Waals surface area contributed by atoms with Crippen LogP contribution in [0, 0.1) is 0 Å². The van der Waals surface area contributed by atoms with Crippen molar-refractivity contribution in [2.24, 2.45) is 5.73 Å². The highest BCUT2D eigenvalue weighted by Gasteiger charge is 2.27. The monoisotopic (exact) mass is 377 g/mol. The van der Waals surface area contributed by atoms with Crippen molar-refractivity contribution in [3.05, 3.63) is 24.3 Å². The van der Waals surface area contributed by atoms with Gasteiger partial charge in [0.05, 0.1) is 6.54 Å². The zero-order valence-electron chi connectivity index (χ0n) is 13.5. The van der Waals surface area contributed by atoms with E-state index in [4.69, 9.17) is 15.2 Å². The molecule has 2 atom stereocenters. The highest BCUT2D eigenvalue weighted by molar-refractivity contribution is 5.85. The van der Waals surface area contributed by atoms with Crippen molar-refractivity contribution in [3.63, 3.8) is 0 Å². The van der Waals surface area contributed by atoms with E-state index in [0.29, 0.717) is 6.61 Å². The van der Waals surface area contributed by atoms with Gasteiger partial charge in [-0.2, -0.15) is 0 Å². The number of rotatable bonds is 4. The van der Waals surface area contributed by atoms with Gasteiger partial charge >= 0.3 is 0 Å². The van der Waals surface area contributed by atoms with Gasteiger partial charge in [0.2, 0.25) is 5.91 Å². The van der Waals surface area contributed by atoms with E-state index < -0.39 is 0 Å². The molecule has 1 amide bonds. The van der Waals surface area contributed by atoms with Gasteiger partial charge in [-0.25, -0.2) is 0 Å². The summed E-state index contributed by atoms with van der Waals surface area (Å²) in [4.78, 5) is 13.7. The van der Waals surface area contributed by atoms with Crippen LogP contribution in [0.1, 0.15) is 12.8 Å². The van der Waals surface area contributed by atoms with Gasteiger partial charge in [0, 0.05) is 19.1 Å². The zero-order valence-corrected chi connectivity index (χ0v) is 15.1. The van der Waals surface area contributed by atoms with Gasteiger partial charge in [-0.05, 0) is 31.5 Å². The number of benzene rings is 1. The first-order chi connectivity index (χ1) is 10.7. The fourth-order valence-corrected chi connectivity index (χ4v) is 3.07. The Morgan fingerprint density at radius 1 is 1.29 bits per heavy atom. The predicted octanol–water partition coefficient (Wildman–Crippen LogP) is 1.21. The molecule has 3 N–H and O–H groups in total. The van der Waals surface area contributed by atoms with Crippen molar-refractivity contribution in [2.75, 3.05) is 32.8 Å². The maximum atomic E-state index is 11.4. The maximum Gasteiger partial charge on any atom is 0.233 e. The largest absolute Gasteiger partial charge is 0.486 e. The van der Waals surface area contributed by atoms with Crippen LogP contribution >= 0.6 is 24.8 Å². The number of carbonyl (C=O) groups excluding carboxylic acids is 1. The molecule has 136 valence electrons.